The van der Waals surface area contributed by atoms with Crippen LogP contribution in [-0.2, 0) is 11.2 Å². The van der Waals surface area contributed by atoms with E-state index in [0.29, 0.717) is 13.2 Å². The van der Waals surface area contributed by atoms with E-state index in [4.69, 9.17) is 14.2 Å². The minimum Gasteiger partial charge on any atom is -0.497 e. The van der Waals surface area contributed by atoms with Crippen LogP contribution in [0.5, 0.6) is 11.5 Å². The monoisotopic (exact) mass is 339 g/mol. The largest absolute Gasteiger partial charge is 0.497 e. The lowest BCUT2D eigenvalue weighted by atomic mass is 9.91. The predicted molar refractivity (Wildman–Crippen MR) is 94.3 cm³/mol. The van der Waals surface area contributed by atoms with Gasteiger partial charge < -0.3 is 14.2 Å². The summed E-state index contributed by atoms with van der Waals surface area (Å²) in [6.45, 7) is 2.83. The summed E-state index contributed by atoms with van der Waals surface area (Å²) in [4.78, 5) is 14.4. The van der Waals surface area contributed by atoms with Crippen LogP contribution in [-0.4, -0.2) is 38.4 Å². The molecule has 1 unspecified atom stereocenters. The first-order valence-electron chi connectivity index (χ1n) is 8.51. The average Bonchev–Trinajstić information content (AvgIpc) is 2.98. The van der Waals surface area contributed by atoms with Crippen LogP contribution >= 0.6 is 0 Å². The van der Waals surface area contributed by atoms with Gasteiger partial charge in [0.15, 0.2) is 0 Å². The molecule has 0 radical (unpaired) electrons. The first kappa shape index (κ1) is 15.8. The molecule has 1 atom stereocenters. The summed E-state index contributed by atoms with van der Waals surface area (Å²) >= 11 is 0. The summed E-state index contributed by atoms with van der Waals surface area (Å²) < 4.78 is 16.3. The van der Waals surface area contributed by atoms with Crippen molar-refractivity contribution in [1.29, 1.82) is 0 Å². The fraction of sp³-hybridized carbons (Fsp3) is 0.350. The number of methoxy groups -OCH3 is 2. The third-order valence-corrected chi connectivity index (χ3v) is 5.05. The molecule has 0 spiro atoms. The molecule has 1 amide bonds. The van der Waals surface area contributed by atoms with Crippen molar-refractivity contribution < 1.29 is 19.0 Å². The standard InChI is InChI=1S/C20H21NO4/c1-4-25-20(22)21-10-9-12-5-8-16(24-3)18-14-7-6-13(23-2)11-15(14)19(21)17(12)18/h5-8,11,19H,4,9-10H2,1-3H3. The number of rotatable bonds is 3. The Balaban J connectivity index is 1.95. The van der Waals surface area contributed by atoms with Crippen molar-refractivity contribution in [1.82, 2.24) is 4.90 Å². The molecule has 1 aliphatic heterocycles. The summed E-state index contributed by atoms with van der Waals surface area (Å²) in [5, 5.41) is 0. The van der Waals surface area contributed by atoms with Gasteiger partial charge in [-0.2, -0.15) is 0 Å². The van der Waals surface area contributed by atoms with Crippen LogP contribution in [0.4, 0.5) is 4.79 Å². The first-order valence-corrected chi connectivity index (χ1v) is 8.51. The average molecular weight is 339 g/mol. The number of benzene rings is 2. The Hall–Kier alpha value is -2.69. The van der Waals surface area contributed by atoms with E-state index >= 15 is 0 Å². The molecule has 5 heteroatoms. The van der Waals surface area contributed by atoms with Gasteiger partial charge in [0.25, 0.3) is 0 Å². The Morgan fingerprint density at radius 1 is 1.20 bits per heavy atom. The van der Waals surface area contributed by atoms with Crippen LogP contribution in [0.25, 0.3) is 11.1 Å². The van der Waals surface area contributed by atoms with Crippen molar-refractivity contribution in [3.63, 3.8) is 0 Å². The molecular formula is C20H21NO4. The van der Waals surface area contributed by atoms with Gasteiger partial charge in [-0.15, -0.1) is 0 Å². The molecule has 5 nitrogen and oxygen atoms in total. The van der Waals surface area contributed by atoms with Crippen LogP contribution < -0.4 is 9.47 Å². The molecule has 1 aliphatic carbocycles. The number of amides is 1. The molecule has 25 heavy (non-hydrogen) atoms. The van der Waals surface area contributed by atoms with Gasteiger partial charge >= 0.3 is 6.09 Å². The predicted octanol–water partition coefficient (Wildman–Crippen LogP) is 3.79. The second-order valence-corrected chi connectivity index (χ2v) is 6.21. The molecule has 1 heterocycles. The zero-order valence-electron chi connectivity index (χ0n) is 14.7. The number of nitrogens with zero attached hydrogens (tertiary/aromatic N) is 1. The quantitative estimate of drug-likeness (QED) is 0.854. The van der Waals surface area contributed by atoms with Crippen molar-refractivity contribution in [2.24, 2.45) is 0 Å². The molecule has 4 rings (SSSR count). The zero-order chi connectivity index (χ0) is 17.6. The molecule has 2 aliphatic rings. The minimum atomic E-state index is -0.275. The third-order valence-electron chi connectivity index (χ3n) is 5.05. The third kappa shape index (κ3) is 2.26. The van der Waals surface area contributed by atoms with Crippen molar-refractivity contribution in [3.8, 4) is 22.6 Å². The van der Waals surface area contributed by atoms with E-state index < -0.39 is 0 Å². The second-order valence-electron chi connectivity index (χ2n) is 6.21. The lowest BCUT2D eigenvalue weighted by molar-refractivity contribution is 0.0945. The van der Waals surface area contributed by atoms with Gasteiger partial charge in [-0.05, 0) is 53.8 Å². The highest BCUT2D eigenvalue weighted by atomic mass is 16.6. The van der Waals surface area contributed by atoms with E-state index in [-0.39, 0.29) is 12.1 Å². The molecule has 130 valence electrons. The molecule has 2 aromatic rings. The Kier molecular flexibility index (Phi) is 3.79. The highest BCUT2D eigenvalue weighted by Crippen LogP contribution is 2.54. The van der Waals surface area contributed by atoms with Gasteiger partial charge in [0, 0.05) is 12.1 Å². The maximum atomic E-state index is 12.6. The Labute approximate surface area is 147 Å². The molecule has 0 saturated carbocycles. The molecule has 0 fully saturated rings. The van der Waals surface area contributed by atoms with E-state index in [1.807, 2.05) is 36.1 Å². The molecule has 0 bridgehead atoms. The van der Waals surface area contributed by atoms with Crippen LogP contribution in [0.2, 0.25) is 0 Å². The number of hydrogen-bond donors (Lipinski definition) is 0. The lowest BCUT2D eigenvalue weighted by Gasteiger charge is -2.35. The maximum absolute atomic E-state index is 12.6. The Bertz CT molecular complexity index is 846. The van der Waals surface area contributed by atoms with E-state index in [2.05, 4.69) is 6.07 Å². The minimum absolute atomic E-state index is 0.155. The summed E-state index contributed by atoms with van der Waals surface area (Å²) in [6.07, 6.45) is 0.537. The van der Waals surface area contributed by atoms with Crippen LogP contribution in [0.1, 0.15) is 29.7 Å². The topological polar surface area (TPSA) is 48.0 Å². The van der Waals surface area contributed by atoms with Crippen molar-refractivity contribution >= 4 is 6.09 Å². The van der Waals surface area contributed by atoms with E-state index in [0.717, 1.165) is 40.2 Å². The van der Waals surface area contributed by atoms with Crippen LogP contribution in [0.15, 0.2) is 30.3 Å². The first-order chi connectivity index (χ1) is 12.2. The molecule has 2 aromatic carbocycles. The van der Waals surface area contributed by atoms with Gasteiger partial charge in [-0.1, -0.05) is 12.1 Å². The normalized spacial score (nSPS) is 16.9. The Morgan fingerprint density at radius 2 is 2.04 bits per heavy atom. The van der Waals surface area contributed by atoms with Gasteiger partial charge in [0.1, 0.15) is 11.5 Å². The van der Waals surface area contributed by atoms with Crippen molar-refractivity contribution in [2.75, 3.05) is 27.4 Å². The highest BCUT2D eigenvalue weighted by molar-refractivity contribution is 5.87. The molecule has 0 aromatic heterocycles. The summed E-state index contributed by atoms with van der Waals surface area (Å²) in [5.41, 5.74) is 5.65. The smallest absolute Gasteiger partial charge is 0.410 e. The number of carbonyl (C=O) groups excluding carboxylic acids is 1. The van der Waals surface area contributed by atoms with E-state index in [1.165, 1.54) is 5.56 Å². The number of carbonyl (C=O) groups is 1. The highest BCUT2D eigenvalue weighted by Gasteiger charge is 2.42. The number of fused-ring (bicyclic) bond motifs is 3. The lowest BCUT2D eigenvalue weighted by Crippen LogP contribution is -2.40. The summed E-state index contributed by atoms with van der Waals surface area (Å²) in [5.74, 6) is 1.61. The SMILES string of the molecule is CCOC(=O)N1CCc2ccc(OC)c3c2C1c1cc(OC)ccc1-3. The molecule has 0 saturated heterocycles. The number of ether oxygens (including phenoxy) is 3. The van der Waals surface area contributed by atoms with E-state index in [9.17, 15) is 4.79 Å². The van der Waals surface area contributed by atoms with Gasteiger partial charge in [0.05, 0.1) is 26.9 Å². The second kappa shape index (κ2) is 5.99. The fourth-order valence-electron chi connectivity index (χ4n) is 3.99. The Morgan fingerprint density at radius 3 is 2.76 bits per heavy atom. The zero-order valence-corrected chi connectivity index (χ0v) is 14.7. The fourth-order valence-corrected chi connectivity index (χ4v) is 3.99. The summed E-state index contributed by atoms with van der Waals surface area (Å²) in [6, 6.07) is 9.98. The number of hydrogen-bond acceptors (Lipinski definition) is 4. The van der Waals surface area contributed by atoms with Crippen molar-refractivity contribution in [2.45, 2.75) is 19.4 Å². The molecule has 0 N–H and O–H groups in total. The maximum Gasteiger partial charge on any atom is 0.410 e. The van der Waals surface area contributed by atoms with Crippen LogP contribution in [0.3, 0.4) is 0 Å². The van der Waals surface area contributed by atoms with Crippen LogP contribution in [0, 0.1) is 0 Å². The molecular weight excluding hydrogens is 318 g/mol. The van der Waals surface area contributed by atoms with E-state index in [1.54, 1.807) is 14.2 Å². The van der Waals surface area contributed by atoms with Gasteiger partial charge in [-0.3, -0.25) is 4.90 Å². The van der Waals surface area contributed by atoms with Gasteiger partial charge in [-0.25, -0.2) is 4.79 Å². The van der Waals surface area contributed by atoms with Gasteiger partial charge in [0.2, 0.25) is 0 Å². The summed E-state index contributed by atoms with van der Waals surface area (Å²) in [7, 11) is 3.33. The van der Waals surface area contributed by atoms with Crippen molar-refractivity contribution in [3.05, 3.63) is 47.0 Å².